The number of hydrogen-bond donors (Lipinski definition) is 8. The van der Waals surface area contributed by atoms with E-state index >= 15 is 0 Å². The lowest BCUT2D eigenvalue weighted by atomic mass is 10.1. The highest BCUT2D eigenvalue weighted by Gasteiger charge is 2.16. The number of nitrogens with one attached hydrogen (secondary N) is 6. The summed E-state index contributed by atoms with van der Waals surface area (Å²) in [5.41, 5.74) is 15.0. The molecule has 0 saturated carbocycles. The van der Waals surface area contributed by atoms with Gasteiger partial charge in [-0.1, -0.05) is 12.2 Å². The van der Waals surface area contributed by atoms with Crippen LogP contribution < -0.4 is 22.1 Å². The fourth-order valence-electron chi connectivity index (χ4n) is 3.25. The molecule has 4 aromatic heterocycles. The summed E-state index contributed by atoms with van der Waals surface area (Å²) in [5.74, 6) is -0.0163. The van der Waals surface area contributed by atoms with Gasteiger partial charge in [0.25, 0.3) is 11.8 Å². The van der Waals surface area contributed by atoms with Crippen LogP contribution in [0.2, 0.25) is 0 Å². The number of carbonyl (C=O) groups is 2. The number of nitrogens with zero attached hydrogens (tertiary/aromatic N) is 2. The van der Waals surface area contributed by atoms with E-state index in [4.69, 9.17) is 11.5 Å². The molecule has 34 heavy (non-hydrogen) atoms. The molecule has 10 N–H and O–H groups in total. The van der Waals surface area contributed by atoms with Crippen molar-refractivity contribution in [2.75, 3.05) is 24.6 Å². The molecule has 0 aliphatic rings. The molecule has 0 aromatic carbocycles. The quantitative estimate of drug-likeness (QED) is 0.185. The van der Waals surface area contributed by atoms with Crippen molar-refractivity contribution in [3.8, 4) is 0 Å². The number of imidazole rings is 2. The maximum atomic E-state index is 12.2. The van der Waals surface area contributed by atoms with Gasteiger partial charge in [-0.15, -0.1) is 0 Å². The zero-order chi connectivity index (χ0) is 23.9. The van der Waals surface area contributed by atoms with E-state index in [1.807, 2.05) is 0 Å². The number of carbonyl (C=O) groups excluding carboxylic acids is 2. The van der Waals surface area contributed by atoms with Gasteiger partial charge in [0.2, 0.25) is 0 Å². The number of H-pyrrole nitrogens is 4. The Morgan fingerprint density at radius 3 is 2.18 bits per heavy atom. The number of rotatable bonds is 9. The van der Waals surface area contributed by atoms with E-state index in [2.05, 4.69) is 40.5 Å². The average Bonchev–Trinajstić information content (AvgIpc) is 3.62. The summed E-state index contributed by atoms with van der Waals surface area (Å²) in [4.78, 5) is 44.4. The Bertz CT molecular complexity index is 1310. The fourth-order valence-corrected chi connectivity index (χ4v) is 3.25. The van der Waals surface area contributed by atoms with Crippen molar-refractivity contribution in [2.24, 2.45) is 0 Å². The minimum atomic E-state index is -0.246. The zero-order valence-electron chi connectivity index (χ0n) is 18.1. The van der Waals surface area contributed by atoms with E-state index in [0.717, 1.165) is 0 Å². The Labute approximate surface area is 194 Å². The van der Waals surface area contributed by atoms with E-state index in [0.29, 0.717) is 40.6 Å². The zero-order valence-corrected chi connectivity index (χ0v) is 18.1. The number of aromatic amines is 4. The fraction of sp³-hybridized carbons (Fsp3) is 0.0909. The second kappa shape index (κ2) is 10.1. The van der Waals surface area contributed by atoms with Gasteiger partial charge in [-0.3, -0.25) is 9.59 Å². The molecule has 4 rings (SSSR count). The first-order chi connectivity index (χ1) is 16.5. The van der Waals surface area contributed by atoms with Gasteiger partial charge in [0.1, 0.15) is 11.4 Å². The number of nitrogen functional groups attached to an aromatic ring is 2. The van der Waals surface area contributed by atoms with Crippen molar-refractivity contribution in [1.29, 1.82) is 0 Å². The van der Waals surface area contributed by atoms with E-state index in [1.165, 1.54) is 0 Å². The van der Waals surface area contributed by atoms with Crippen molar-refractivity contribution in [3.63, 3.8) is 0 Å². The lowest BCUT2D eigenvalue weighted by Gasteiger charge is -2.06. The van der Waals surface area contributed by atoms with Crippen LogP contribution in [-0.4, -0.2) is 54.8 Å². The Morgan fingerprint density at radius 2 is 1.59 bits per heavy atom. The molecule has 0 saturated heterocycles. The number of hydrogen-bond acceptors (Lipinski definition) is 6. The summed E-state index contributed by atoms with van der Waals surface area (Å²) in [7, 11) is 0. The van der Waals surface area contributed by atoms with Gasteiger partial charge in [-0.25, -0.2) is 9.97 Å². The SMILES string of the molecule is Nc1ncc(C(=CCNC(=O)c2ccc[nH]2)c2nc(N)[nH]c2C=CCNC(=O)c2ccc[nH]2)[nH]1. The molecule has 0 aliphatic heterocycles. The molecule has 0 spiro atoms. The Balaban J connectivity index is 1.52. The normalized spacial score (nSPS) is 11.7. The first-order valence-electron chi connectivity index (χ1n) is 10.4. The van der Waals surface area contributed by atoms with Crippen molar-refractivity contribution >= 4 is 35.4 Å². The number of anilines is 2. The minimum Gasteiger partial charge on any atom is -0.369 e. The van der Waals surface area contributed by atoms with Gasteiger partial charge in [0.15, 0.2) is 11.9 Å². The van der Waals surface area contributed by atoms with E-state index in [1.54, 1.807) is 61.1 Å². The largest absolute Gasteiger partial charge is 0.369 e. The van der Waals surface area contributed by atoms with Gasteiger partial charge < -0.3 is 42.0 Å². The van der Waals surface area contributed by atoms with Gasteiger partial charge in [-0.2, -0.15) is 0 Å². The molecule has 174 valence electrons. The topological polar surface area (TPSA) is 199 Å². The molecular formula is C22H24N10O2. The molecule has 4 heterocycles. The first-order valence-corrected chi connectivity index (χ1v) is 10.4. The van der Waals surface area contributed by atoms with Crippen LogP contribution in [0, 0.1) is 0 Å². The first kappa shape index (κ1) is 22.2. The van der Waals surface area contributed by atoms with Crippen LogP contribution in [0.15, 0.2) is 55.0 Å². The van der Waals surface area contributed by atoms with E-state index in [-0.39, 0.29) is 30.3 Å². The Hall–Kier alpha value is -5.00. The number of aromatic nitrogens is 6. The highest BCUT2D eigenvalue weighted by Crippen LogP contribution is 2.25. The molecule has 0 unspecified atom stereocenters. The lowest BCUT2D eigenvalue weighted by molar-refractivity contribution is 0.0945. The maximum Gasteiger partial charge on any atom is 0.267 e. The summed E-state index contributed by atoms with van der Waals surface area (Å²) in [6.45, 7) is 0.507. The Kier molecular flexibility index (Phi) is 6.58. The van der Waals surface area contributed by atoms with Gasteiger partial charge in [0, 0.05) is 31.1 Å². The molecule has 2 amide bonds. The second-order valence-corrected chi connectivity index (χ2v) is 7.17. The smallest absolute Gasteiger partial charge is 0.267 e. The molecule has 4 aromatic rings. The third-order valence-corrected chi connectivity index (χ3v) is 4.81. The average molecular weight is 461 g/mol. The van der Waals surface area contributed by atoms with Gasteiger partial charge in [0.05, 0.1) is 23.3 Å². The van der Waals surface area contributed by atoms with Crippen LogP contribution in [0.1, 0.15) is 38.1 Å². The molecule has 0 aliphatic carbocycles. The third kappa shape index (κ3) is 5.24. The molecule has 0 atom stereocenters. The summed E-state index contributed by atoms with van der Waals surface area (Å²) in [5, 5.41) is 5.60. The Morgan fingerprint density at radius 1 is 0.912 bits per heavy atom. The van der Waals surface area contributed by atoms with Crippen LogP contribution in [0.25, 0.3) is 11.6 Å². The summed E-state index contributed by atoms with van der Waals surface area (Å²) >= 11 is 0. The van der Waals surface area contributed by atoms with Crippen molar-refractivity contribution in [2.45, 2.75) is 0 Å². The van der Waals surface area contributed by atoms with Crippen LogP contribution in [0.5, 0.6) is 0 Å². The maximum absolute atomic E-state index is 12.2. The number of amides is 2. The molecular weight excluding hydrogens is 436 g/mol. The van der Waals surface area contributed by atoms with E-state index in [9.17, 15) is 9.59 Å². The molecule has 0 fully saturated rings. The van der Waals surface area contributed by atoms with Crippen LogP contribution in [0.4, 0.5) is 11.9 Å². The predicted molar refractivity (Wildman–Crippen MR) is 128 cm³/mol. The summed E-state index contributed by atoms with van der Waals surface area (Å²) in [6.07, 6.45) is 10.2. The van der Waals surface area contributed by atoms with Crippen molar-refractivity contribution < 1.29 is 9.59 Å². The molecule has 0 radical (unpaired) electrons. The van der Waals surface area contributed by atoms with Crippen LogP contribution >= 0.6 is 0 Å². The lowest BCUT2D eigenvalue weighted by Crippen LogP contribution is -2.23. The number of nitrogens with two attached hydrogens (primary N) is 2. The summed E-state index contributed by atoms with van der Waals surface area (Å²) in [6, 6.07) is 6.87. The molecule has 0 bridgehead atoms. The van der Waals surface area contributed by atoms with Crippen molar-refractivity contribution in [3.05, 3.63) is 83.5 Å². The van der Waals surface area contributed by atoms with Crippen LogP contribution in [-0.2, 0) is 0 Å². The standard InChI is InChI=1S/C22H24N10O2/c23-21-29-12-17(31-21)13(7-11-28-20(34)16-6-3-9-26-16)18-14(30-22(24)32-18)4-1-10-27-19(33)15-5-2-8-25-15/h1-9,12,25-26H,10-11H2,(H,27,33)(H,28,34)(H3,23,29,31)(H3,24,30,32). The highest BCUT2D eigenvalue weighted by atomic mass is 16.2. The predicted octanol–water partition coefficient (Wildman–Crippen LogP) is 1.26. The summed E-state index contributed by atoms with van der Waals surface area (Å²) < 4.78 is 0. The molecule has 12 nitrogen and oxygen atoms in total. The highest BCUT2D eigenvalue weighted by molar-refractivity contribution is 5.93. The molecule has 12 heteroatoms. The third-order valence-electron chi connectivity index (χ3n) is 4.81. The van der Waals surface area contributed by atoms with Gasteiger partial charge in [-0.05, 0) is 30.3 Å². The van der Waals surface area contributed by atoms with E-state index < -0.39 is 0 Å². The minimum absolute atomic E-state index is 0.207. The van der Waals surface area contributed by atoms with Crippen molar-refractivity contribution in [1.82, 2.24) is 40.5 Å². The second-order valence-electron chi connectivity index (χ2n) is 7.17. The monoisotopic (exact) mass is 460 g/mol. The van der Waals surface area contributed by atoms with Crippen LogP contribution in [0.3, 0.4) is 0 Å². The van der Waals surface area contributed by atoms with Gasteiger partial charge >= 0.3 is 0 Å².